The summed E-state index contributed by atoms with van der Waals surface area (Å²) in [6.07, 6.45) is 1.40. The Morgan fingerprint density at radius 1 is 1.11 bits per heavy atom. The van der Waals surface area contributed by atoms with E-state index in [1.54, 1.807) is 7.11 Å². The molecule has 0 saturated carbocycles. The van der Waals surface area contributed by atoms with Crippen LogP contribution in [0.25, 0.3) is 0 Å². The van der Waals surface area contributed by atoms with Gasteiger partial charge in [0.25, 0.3) is 0 Å². The van der Waals surface area contributed by atoms with Gasteiger partial charge in [-0.15, -0.1) is 0 Å². The highest BCUT2D eigenvalue weighted by atomic mass is 16.5. The molecule has 1 atom stereocenters. The van der Waals surface area contributed by atoms with E-state index >= 15 is 0 Å². The molecular formula is C14H29NO4. The van der Waals surface area contributed by atoms with Gasteiger partial charge in [0.15, 0.2) is 0 Å². The molecular weight excluding hydrogens is 246 g/mol. The molecule has 5 nitrogen and oxygen atoms in total. The Labute approximate surface area is 117 Å². The Kier molecular flexibility index (Phi) is 8.22. The molecule has 5 heteroatoms. The third-order valence-corrected chi connectivity index (χ3v) is 3.35. The minimum absolute atomic E-state index is 0.173. The molecule has 0 saturated heterocycles. The molecule has 0 aromatic rings. The summed E-state index contributed by atoms with van der Waals surface area (Å²) in [5.41, 5.74) is -0.854. The molecule has 0 aromatic heterocycles. The van der Waals surface area contributed by atoms with E-state index in [2.05, 4.69) is 5.32 Å². The summed E-state index contributed by atoms with van der Waals surface area (Å²) in [5, 5.41) is 3.15. The SMILES string of the molecule is CCNC(C)(CCOCCC(C)(C)OC)C(=O)OC. The van der Waals surface area contributed by atoms with Gasteiger partial charge in [0.1, 0.15) is 5.54 Å². The first kappa shape index (κ1) is 18.4. The molecule has 0 fully saturated rings. The number of nitrogens with one attached hydrogen (secondary N) is 1. The van der Waals surface area contributed by atoms with Gasteiger partial charge in [0.2, 0.25) is 0 Å². The lowest BCUT2D eigenvalue weighted by Crippen LogP contribution is -2.50. The van der Waals surface area contributed by atoms with E-state index < -0.39 is 5.54 Å². The van der Waals surface area contributed by atoms with Crippen molar-refractivity contribution in [2.24, 2.45) is 0 Å². The molecule has 0 bridgehead atoms. The highest BCUT2D eigenvalue weighted by molar-refractivity contribution is 5.80. The van der Waals surface area contributed by atoms with Gasteiger partial charge < -0.3 is 19.5 Å². The van der Waals surface area contributed by atoms with Crippen LogP contribution < -0.4 is 5.32 Å². The summed E-state index contributed by atoms with van der Waals surface area (Å²) >= 11 is 0. The van der Waals surface area contributed by atoms with Crippen LogP contribution in [0, 0.1) is 0 Å². The third kappa shape index (κ3) is 6.89. The minimum Gasteiger partial charge on any atom is -0.468 e. The lowest BCUT2D eigenvalue weighted by Gasteiger charge is -2.28. The van der Waals surface area contributed by atoms with Crippen LogP contribution >= 0.6 is 0 Å². The molecule has 0 spiro atoms. The number of esters is 1. The third-order valence-electron chi connectivity index (χ3n) is 3.35. The number of hydrogen-bond donors (Lipinski definition) is 1. The Morgan fingerprint density at radius 3 is 2.16 bits per heavy atom. The molecule has 0 aromatic carbocycles. The second kappa shape index (κ2) is 8.51. The van der Waals surface area contributed by atoms with Gasteiger partial charge in [-0.25, -0.2) is 0 Å². The summed E-state index contributed by atoms with van der Waals surface area (Å²) in [6.45, 7) is 9.68. The molecule has 114 valence electrons. The lowest BCUT2D eigenvalue weighted by molar-refractivity contribution is -0.148. The fraction of sp³-hybridized carbons (Fsp3) is 0.929. The zero-order valence-corrected chi connectivity index (χ0v) is 13.2. The van der Waals surface area contributed by atoms with Gasteiger partial charge in [0, 0.05) is 20.3 Å². The predicted molar refractivity (Wildman–Crippen MR) is 75.2 cm³/mol. The maximum atomic E-state index is 11.7. The minimum atomic E-state index is -0.680. The summed E-state index contributed by atoms with van der Waals surface area (Å²) in [4.78, 5) is 11.7. The van der Waals surface area contributed by atoms with Crippen LogP contribution in [0.15, 0.2) is 0 Å². The average Bonchev–Trinajstić information content (AvgIpc) is 2.37. The molecule has 0 amide bonds. The van der Waals surface area contributed by atoms with Gasteiger partial charge in [0.05, 0.1) is 12.7 Å². The zero-order valence-electron chi connectivity index (χ0n) is 13.2. The number of carbonyl (C=O) groups is 1. The first-order valence-corrected chi connectivity index (χ1v) is 6.77. The molecule has 0 rings (SSSR count). The first-order chi connectivity index (χ1) is 8.81. The summed E-state index contributed by atoms with van der Waals surface area (Å²) in [7, 11) is 3.10. The van der Waals surface area contributed by atoms with Crippen molar-refractivity contribution < 1.29 is 19.0 Å². The second-order valence-corrected chi connectivity index (χ2v) is 5.43. The van der Waals surface area contributed by atoms with Crippen molar-refractivity contribution in [1.29, 1.82) is 0 Å². The molecule has 0 radical (unpaired) electrons. The van der Waals surface area contributed by atoms with E-state index in [1.165, 1.54) is 7.11 Å². The van der Waals surface area contributed by atoms with E-state index in [9.17, 15) is 4.79 Å². The average molecular weight is 275 g/mol. The van der Waals surface area contributed by atoms with Crippen LogP contribution in [-0.4, -0.2) is 51.1 Å². The van der Waals surface area contributed by atoms with E-state index in [4.69, 9.17) is 14.2 Å². The van der Waals surface area contributed by atoms with Crippen molar-refractivity contribution in [1.82, 2.24) is 5.32 Å². The lowest BCUT2D eigenvalue weighted by atomic mass is 9.98. The van der Waals surface area contributed by atoms with Gasteiger partial charge in [-0.2, -0.15) is 0 Å². The Hall–Kier alpha value is -0.650. The Bertz CT molecular complexity index is 268. The number of ether oxygens (including phenoxy) is 3. The Balaban J connectivity index is 4.04. The van der Waals surface area contributed by atoms with Crippen LogP contribution in [0.3, 0.4) is 0 Å². The molecule has 19 heavy (non-hydrogen) atoms. The predicted octanol–water partition coefficient (Wildman–Crippen LogP) is 1.75. The van der Waals surface area contributed by atoms with Crippen molar-refractivity contribution in [2.45, 2.75) is 51.7 Å². The highest BCUT2D eigenvalue weighted by Gasteiger charge is 2.32. The molecule has 1 unspecified atom stereocenters. The van der Waals surface area contributed by atoms with Crippen molar-refractivity contribution in [3.8, 4) is 0 Å². The summed E-state index contributed by atoms with van der Waals surface area (Å²) in [6, 6.07) is 0. The smallest absolute Gasteiger partial charge is 0.325 e. The van der Waals surface area contributed by atoms with Crippen molar-refractivity contribution in [2.75, 3.05) is 34.0 Å². The van der Waals surface area contributed by atoms with E-state index in [1.807, 2.05) is 27.7 Å². The standard InChI is InChI=1S/C14H29NO4/c1-7-15-14(4,12(16)17-5)9-11-19-10-8-13(2,3)18-6/h15H,7-11H2,1-6H3. The van der Waals surface area contributed by atoms with Gasteiger partial charge in [-0.1, -0.05) is 6.92 Å². The Morgan fingerprint density at radius 2 is 1.68 bits per heavy atom. The maximum Gasteiger partial charge on any atom is 0.325 e. The van der Waals surface area contributed by atoms with E-state index in [0.717, 1.165) is 6.42 Å². The zero-order chi connectivity index (χ0) is 14.9. The fourth-order valence-electron chi connectivity index (χ4n) is 1.68. The fourth-order valence-corrected chi connectivity index (χ4v) is 1.68. The largest absolute Gasteiger partial charge is 0.468 e. The van der Waals surface area contributed by atoms with E-state index in [0.29, 0.717) is 26.2 Å². The topological polar surface area (TPSA) is 56.8 Å². The van der Waals surface area contributed by atoms with Gasteiger partial charge in [-0.05, 0) is 40.2 Å². The van der Waals surface area contributed by atoms with Crippen LogP contribution in [0.5, 0.6) is 0 Å². The van der Waals surface area contributed by atoms with E-state index in [-0.39, 0.29) is 11.6 Å². The van der Waals surface area contributed by atoms with Crippen LogP contribution in [0.2, 0.25) is 0 Å². The number of carbonyl (C=O) groups excluding carboxylic acids is 1. The van der Waals surface area contributed by atoms with Crippen molar-refractivity contribution >= 4 is 5.97 Å². The summed E-state index contributed by atoms with van der Waals surface area (Å²) < 4.78 is 15.7. The number of methoxy groups -OCH3 is 2. The van der Waals surface area contributed by atoms with Crippen molar-refractivity contribution in [3.05, 3.63) is 0 Å². The van der Waals surface area contributed by atoms with Crippen molar-refractivity contribution in [3.63, 3.8) is 0 Å². The van der Waals surface area contributed by atoms with Gasteiger partial charge in [-0.3, -0.25) is 4.79 Å². The maximum absolute atomic E-state index is 11.7. The monoisotopic (exact) mass is 275 g/mol. The number of hydrogen-bond acceptors (Lipinski definition) is 5. The molecule has 1 N–H and O–H groups in total. The normalized spacial score (nSPS) is 15.1. The molecule has 0 aliphatic rings. The molecule has 0 aliphatic carbocycles. The van der Waals surface area contributed by atoms with Gasteiger partial charge >= 0.3 is 5.97 Å². The number of rotatable bonds is 10. The second-order valence-electron chi connectivity index (χ2n) is 5.43. The molecule has 0 aliphatic heterocycles. The number of likely N-dealkylation sites (N-methyl/N-ethyl adjacent to an activating group) is 1. The van der Waals surface area contributed by atoms with Crippen LogP contribution in [0.4, 0.5) is 0 Å². The quantitative estimate of drug-likeness (QED) is 0.486. The van der Waals surface area contributed by atoms with Crippen LogP contribution in [-0.2, 0) is 19.0 Å². The van der Waals surface area contributed by atoms with Crippen LogP contribution in [0.1, 0.15) is 40.5 Å². The molecule has 0 heterocycles. The summed E-state index contributed by atoms with van der Waals surface area (Å²) in [5.74, 6) is -0.254. The first-order valence-electron chi connectivity index (χ1n) is 6.77. The highest BCUT2D eigenvalue weighted by Crippen LogP contribution is 2.14.